The summed E-state index contributed by atoms with van der Waals surface area (Å²) >= 11 is 0. The number of hydrogen-bond donors (Lipinski definition) is 0. The Bertz CT molecular complexity index is 3510. The van der Waals surface area contributed by atoms with Crippen molar-refractivity contribution in [2.24, 2.45) is 0 Å². The predicted molar refractivity (Wildman–Crippen MR) is 248 cm³/mol. The third-order valence-electron chi connectivity index (χ3n) is 11.9. The van der Waals surface area contributed by atoms with Gasteiger partial charge in [0.2, 0.25) is 0 Å². The zero-order chi connectivity index (χ0) is 39.6. The van der Waals surface area contributed by atoms with Crippen LogP contribution in [0.4, 0.5) is 0 Å². The Labute approximate surface area is 346 Å². The van der Waals surface area contributed by atoms with Crippen LogP contribution in [0.15, 0.2) is 217 Å². The van der Waals surface area contributed by atoms with Crippen molar-refractivity contribution in [3.8, 4) is 61.8 Å². The lowest BCUT2D eigenvalue weighted by atomic mass is 9.99. The van der Waals surface area contributed by atoms with Crippen molar-refractivity contribution in [3.05, 3.63) is 212 Å². The number of nitrogens with zero attached hydrogens (tertiary/aromatic N) is 3. The lowest BCUT2D eigenvalue weighted by molar-refractivity contribution is 0.669. The lowest BCUT2D eigenvalue weighted by Crippen LogP contribution is -1.96. The molecule has 0 spiro atoms. The van der Waals surface area contributed by atoms with Gasteiger partial charge >= 0.3 is 0 Å². The highest BCUT2D eigenvalue weighted by Gasteiger charge is 2.15. The molecule has 0 atom stereocenters. The van der Waals surface area contributed by atoms with E-state index in [0.29, 0.717) is 5.82 Å². The Kier molecular flexibility index (Phi) is 7.82. The van der Waals surface area contributed by atoms with Crippen molar-refractivity contribution in [2.45, 2.75) is 0 Å². The van der Waals surface area contributed by atoms with Crippen LogP contribution in [0.3, 0.4) is 0 Å². The smallest absolute Gasteiger partial charge is 0.160 e. The van der Waals surface area contributed by atoms with E-state index in [-0.39, 0.29) is 0 Å². The normalized spacial score (nSPS) is 11.7. The van der Waals surface area contributed by atoms with Crippen molar-refractivity contribution >= 4 is 54.5 Å². The average molecular weight is 766 g/mol. The summed E-state index contributed by atoms with van der Waals surface area (Å²) in [4.78, 5) is 10.2. The van der Waals surface area contributed by atoms with E-state index < -0.39 is 0 Å². The summed E-state index contributed by atoms with van der Waals surface area (Å²) in [7, 11) is 0. The molecule has 0 saturated carbocycles. The van der Waals surface area contributed by atoms with Gasteiger partial charge in [-0.3, -0.25) is 0 Å². The molecule has 4 heteroatoms. The van der Waals surface area contributed by atoms with E-state index in [1.54, 1.807) is 0 Å². The number of para-hydroxylation sites is 2. The minimum atomic E-state index is 0.694. The minimum absolute atomic E-state index is 0.694. The quantitative estimate of drug-likeness (QED) is 0.169. The highest BCUT2D eigenvalue weighted by atomic mass is 16.3. The topological polar surface area (TPSA) is 43.9 Å². The first-order valence-electron chi connectivity index (χ1n) is 20.3. The first kappa shape index (κ1) is 34.0. The second-order valence-electron chi connectivity index (χ2n) is 15.4. The van der Waals surface area contributed by atoms with E-state index in [9.17, 15) is 0 Å². The molecule has 0 aliphatic carbocycles. The SMILES string of the molecule is c1ccc(-c2nc(-c3ccc(-c4ccc(-n5c6ccccc6c6ccccc65)cc4)cc3)cc(-c3ccc(-c4ccc5c(c4)oc4ccc6ccccc6c45)cc3)n2)cc1. The highest BCUT2D eigenvalue weighted by molar-refractivity contribution is 6.19. The van der Waals surface area contributed by atoms with Gasteiger partial charge in [0, 0.05) is 43.9 Å². The van der Waals surface area contributed by atoms with E-state index in [1.165, 1.54) is 38.0 Å². The van der Waals surface area contributed by atoms with Crippen LogP contribution in [0.2, 0.25) is 0 Å². The third kappa shape index (κ3) is 5.69. The number of furan rings is 1. The first-order chi connectivity index (χ1) is 29.7. The van der Waals surface area contributed by atoms with Crippen LogP contribution < -0.4 is 0 Å². The summed E-state index contributed by atoms with van der Waals surface area (Å²) in [5, 5.41) is 7.25. The largest absolute Gasteiger partial charge is 0.456 e. The molecule has 12 aromatic rings. The summed E-state index contributed by atoms with van der Waals surface area (Å²) < 4.78 is 8.74. The van der Waals surface area contributed by atoms with Gasteiger partial charge in [0.15, 0.2) is 5.82 Å². The summed E-state index contributed by atoms with van der Waals surface area (Å²) in [5.74, 6) is 0.694. The number of rotatable bonds is 6. The van der Waals surface area contributed by atoms with Gasteiger partial charge in [-0.2, -0.15) is 0 Å². The van der Waals surface area contributed by atoms with Gasteiger partial charge in [-0.05, 0) is 81.6 Å². The van der Waals surface area contributed by atoms with Crippen LogP contribution in [0.25, 0.3) is 116 Å². The molecule has 12 rings (SSSR count). The molecule has 0 radical (unpaired) electrons. The monoisotopic (exact) mass is 765 g/mol. The molecule has 3 heterocycles. The van der Waals surface area contributed by atoms with E-state index >= 15 is 0 Å². The second-order valence-corrected chi connectivity index (χ2v) is 15.4. The van der Waals surface area contributed by atoms with Crippen LogP contribution in [-0.2, 0) is 0 Å². The predicted octanol–water partition coefficient (Wildman–Crippen LogP) is 15.0. The molecule has 0 unspecified atom stereocenters. The summed E-state index contributed by atoms with van der Waals surface area (Å²) in [6.45, 7) is 0. The molecule has 280 valence electrons. The molecule has 0 saturated heterocycles. The van der Waals surface area contributed by atoms with E-state index in [0.717, 1.165) is 72.6 Å². The third-order valence-corrected chi connectivity index (χ3v) is 11.9. The maximum absolute atomic E-state index is 6.38. The molecule has 0 aliphatic heterocycles. The van der Waals surface area contributed by atoms with Crippen molar-refractivity contribution in [1.82, 2.24) is 14.5 Å². The Morgan fingerprint density at radius 2 is 0.850 bits per heavy atom. The van der Waals surface area contributed by atoms with Gasteiger partial charge in [0.25, 0.3) is 0 Å². The second kappa shape index (κ2) is 13.8. The standard InChI is InChI=1S/C56H35N3O/c1-2-11-42(12-3-1)56-57-49(40-22-18-36(19-23-40)37-26-30-44(31-27-37)59-51-16-8-6-14-46(51)47-15-7-9-17-52(47)59)35-50(58-56)41-24-20-38(21-25-41)43-28-32-48-54(34-43)60-53-33-29-39-10-4-5-13-45(39)55(48)53/h1-35H. The fraction of sp³-hybridized carbons (Fsp3) is 0. The fourth-order valence-corrected chi connectivity index (χ4v) is 8.86. The van der Waals surface area contributed by atoms with Gasteiger partial charge in [0.05, 0.1) is 22.4 Å². The lowest BCUT2D eigenvalue weighted by Gasteiger charge is -2.11. The zero-order valence-electron chi connectivity index (χ0n) is 32.5. The molecule has 0 fully saturated rings. The van der Waals surface area contributed by atoms with Crippen LogP contribution in [-0.4, -0.2) is 14.5 Å². The molecule has 4 nitrogen and oxygen atoms in total. The Morgan fingerprint density at radius 3 is 1.50 bits per heavy atom. The highest BCUT2D eigenvalue weighted by Crippen LogP contribution is 2.38. The van der Waals surface area contributed by atoms with Crippen molar-refractivity contribution in [1.29, 1.82) is 0 Å². The molecular weight excluding hydrogens is 731 g/mol. The Hall–Kier alpha value is -8.08. The van der Waals surface area contributed by atoms with E-state index in [1.807, 2.05) is 18.2 Å². The van der Waals surface area contributed by atoms with E-state index in [4.69, 9.17) is 14.4 Å². The van der Waals surface area contributed by atoms with Gasteiger partial charge in [0.1, 0.15) is 11.2 Å². The number of benzene rings is 9. The summed E-state index contributed by atoms with van der Waals surface area (Å²) in [6, 6.07) is 75.0. The van der Waals surface area contributed by atoms with Crippen LogP contribution in [0.5, 0.6) is 0 Å². The Balaban J connectivity index is 0.862. The Morgan fingerprint density at radius 1 is 0.333 bits per heavy atom. The molecular formula is C56H35N3O. The van der Waals surface area contributed by atoms with Gasteiger partial charge in [-0.1, -0.05) is 164 Å². The maximum atomic E-state index is 6.38. The molecule has 60 heavy (non-hydrogen) atoms. The van der Waals surface area contributed by atoms with Crippen molar-refractivity contribution in [3.63, 3.8) is 0 Å². The molecule has 0 aliphatic rings. The van der Waals surface area contributed by atoms with Crippen molar-refractivity contribution < 1.29 is 4.42 Å². The van der Waals surface area contributed by atoms with Gasteiger partial charge in [-0.15, -0.1) is 0 Å². The molecule has 0 bridgehead atoms. The maximum Gasteiger partial charge on any atom is 0.160 e. The molecule has 0 amide bonds. The van der Waals surface area contributed by atoms with Crippen LogP contribution in [0.1, 0.15) is 0 Å². The minimum Gasteiger partial charge on any atom is -0.456 e. The number of fused-ring (bicyclic) bond motifs is 8. The molecule has 0 N–H and O–H groups in total. The van der Waals surface area contributed by atoms with E-state index in [2.05, 4.69) is 199 Å². The zero-order valence-corrected chi connectivity index (χ0v) is 32.5. The summed E-state index contributed by atoms with van der Waals surface area (Å²) in [5.41, 5.74) is 14.7. The van der Waals surface area contributed by atoms with Crippen LogP contribution >= 0.6 is 0 Å². The summed E-state index contributed by atoms with van der Waals surface area (Å²) in [6.07, 6.45) is 0. The molecule has 3 aromatic heterocycles. The van der Waals surface area contributed by atoms with Crippen molar-refractivity contribution in [2.75, 3.05) is 0 Å². The number of hydrogen-bond acceptors (Lipinski definition) is 3. The first-order valence-corrected chi connectivity index (χ1v) is 20.3. The number of aromatic nitrogens is 3. The van der Waals surface area contributed by atoms with Gasteiger partial charge < -0.3 is 8.98 Å². The van der Waals surface area contributed by atoms with Crippen LogP contribution in [0, 0.1) is 0 Å². The average Bonchev–Trinajstić information content (AvgIpc) is 3.88. The fourth-order valence-electron chi connectivity index (χ4n) is 8.86. The van der Waals surface area contributed by atoms with Gasteiger partial charge in [-0.25, -0.2) is 9.97 Å². The molecule has 9 aromatic carbocycles.